The summed E-state index contributed by atoms with van der Waals surface area (Å²) in [4.78, 5) is 22.3. The van der Waals surface area contributed by atoms with Gasteiger partial charge in [-0.1, -0.05) is 31.2 Å². The Balaban J connectivity index is 1.67. The molecular weight excluding hydrogens is 334 g/mol. The molecule has 1 fully saturated rings. The lowest BCUT2D eigenvalue weighted by Gasteiger charge is -2.33. The molecule has 140 valence electrons. The van der Waals surface area contributed by atoms with Crippen LogP contribution in [0.2, 0.25) is 0 Å². The smallest absolute Gasteiger partial charge is 0.278 e. The number of amides is 1. The Labute approximate surface area is 161 Å². The minimum Gasteiger partial charge on any atom is -0.293 e. The summed E-state index contributed by atoms with van der Waals surface area (Å²) in [6, 6.07) is 14.1. The summed E-state index contributed by atoms with van der Waals surface area (Å²) in [6.45, 7) is 9.21. The molecule has 0 bridgehead atoms. The van der Waals surface area contributed by atoms with E-state index in [1.807, 2.05) is 41.3 Å². The number of piperidine rings is 1. The maximum Gasteiger partial charge on any atom is 0.278 e. The number of para-hydroxylation sites is 1. The number of likely N-dealkylation sites (tertiary alicyclic amines) is 1. The molecule has 2 aliphatic heterocycles. The van der Waals surface area contributed by atoms with E-state index in [4.69, 9.17) is 4.99 Å². The molecule has 0 aliphatic carbocycles. The van der Waals surface area contributed by atoms with Gasteiger partial charge in [0, 0.05) is 12.1 Å². The van der Waals surface area contributed by atoms with E-state index in [9.17, 15) is 4.79 Å². The maximum absolute atomic E-state index is 13.2. The molecule has 0 saturated carbocycles. The summed E-state index contributed by atoms with van der Waals surface area (Å²) in [6.07, 6.45) is 2.48. The fourth-order valence-electron chi connectivity index (χ4n) is 4.05. The van der Waals surface area contributed by atoms with Crippen LogP contribution in [0.3, 0.4) is 0 Å². The fraction of sp³-hybridized carbons (Fsp3) is 0.391. The molecule has 0 radical (unpaired) electrons. The molecule has 1 amide bonds. The van der Waals surface area contributed by atoms with Crippen LogP contribution in [-0.4, -0.2) is 36.3 Å². The van der Waals surface area contributed by atoms with Crippen molar-refractivity contribution in [1.82, 2.24) is 4.90 Å². The summed E-state index contributed by atoms with van der Waals surface area (Å²) in [5.74, 6) is 0.697. The lowest BCUT2D eigenvalue weighted by Crippen LogP contribution is -2.45. The van der Waals surface area contributed by atoms with Gasteiger partial charge in [-0.05, 0) is 68.5 Å². The van der Waals surface area contributed by atoms with E-state index in [-0.39, 0.29) is 5.91 Å². The lowest BCUT2D eigenvalue weighted by molar-refractivity contribution is -0.112. The second-order valence-electron chi connectivity index (χ2n) is 7.95. The van der Waals surface area contributed by atoms with Crippen LogP contribution in [0.1, 0.15) is 36.5 Å². The summed E-state index contributed by atoms with van der Waals surface area (Å²) in [7, 11) is 0. The molecule has 2 aromatic carbocycles. The summed E-state index contributed by atoms with van der Waals surface area (Å²) in [5, 5.41) is 0. The first-order valence-corrected chi connectivity index (χ1v) is 9.82. The van der Waals surface area contributed by atoms with Crippen molar-refractivity contribution in [3.05, 3.63) is 59.2 Å². The van der Waals surface area contributed by atoms with Gasteiger partial charge in [0.2, 0.25) is 0 Å². The third-order valence-corrected chi connectivity index (χ3v) is 5.71. The number of hydrogen-bond donors (Lipinski definition) is 0. The zero-order chi connectivity index (χ0) is 19.0. The average Bonchev–Trinajstić information content (AvgIpc) is 2.91. The van der Waals surface area contributed by atoms with Gasteiger partial charge in [-0.2, -0.15) is 0 Å². The van der Waals surface area contributed by atoms with Gasteiger partial charge < -0.3 is 0 Å². The first-order chi connectivity index (χ1) is 13.0. The average molecular weight is 361 g/mol. The largest absolute Gasteiger partial charge is 0.293 e. The molecule has 1 saturated heterocycles. The molecule has 4 heteroatoms. The number of carbonyl (C=O) groups is 1. The van der Waals surface area contributed by atoms with Crippen LogP contribution in [-0.2, 0) is 4.79 Å². The standard InChI is InChI=1S/C23H27N3O/c1-16-7-6-12-25(14-16)15-26-21-9-5-4-8-20(21)22(23(26)27)24-19-11-10-17(2)18(3)13-19/h4-5,8-11,13,16H,6-7,12,14-15H2,1-3H3/t16-/m1/s1. The predicted octanol–water partition coefficient (Wildman–Crippen LogP) is 4.46. The molecule has 27 heavy (non-hydrogen) atoms. The van der Waals surface area contributed by atoms with Gasteiger partial charge in [0.15, 0.2) is 0 Å². The van der Waals surface area contributed by atoms with Gasteiger partial charge >= 0.3 is 0 Å². The molecular formula is C23H27N3O. The van der Waals surface area contributed by atoms with Crippen molar-refractivity contribution >= 4 is 23.0 Å². The van der Waals surface area contributed by atoms with Crippen molar-refractivity contribution in [2.24, 2.45) is 10.9 Å². The third kappa shape index (κ3) is 3.54. The van der Waals surface area contributed by atoms with E-state index in [0.717, 1.165) is 30.0 Å². The molecule has 2 heterocycles. The predicted molar refractivity (Wildman–Crippen MR) is 111 cm³/mol. The quantitative estimate of drug-likeness (QED) is 0.809. The van der Waals surface area contributed by atoms with Gasteiger partial charge in [0.05, 0.1) is 18.0 Å². The van der Waals surface area contributed by atoms with E-state index in [0.29, 0.717) is 18.3 Å². The van der Waals surface area contributed by atoms with E-state index >= 15 is 0 Å². The van der Waals surface area contributed by atoms with Crippen LogP contribution in [0.4, 0.5) is 11.4 Å². The van der Waals surface area contributed by atoms with Gasteiger partial charge in [-0.25, -0.2) is 4.99 Å². The Bertz CT molecular complexity index is 902. The molecule has 0 spiro atoms. The number of aliphatic imine (C=N–C) groups is 1. The second kappa shape index (κ2) is 7.28. The molecule has 0 N–H and O–H groups in total. The second-order valence-corrected chi connectivity index (χ2v) is 7.95. The van der Waals surface area contributed by atoms with E-state index in [1.165, 1.54) is 24.0 Å². The van der Waals surface area contributed by atoms with E-state index < -0.39 is 0 Å². The van der Waals surface area contributed by atoms with Crippen molar-refractivity contribution in [3.63, 3.8) is 0 Å². The molecule has 4 nitrogen and oxygen atoms in total. The van der Waals surface area contributed by atoms with Crippen molar-refractivity contribution < 1.29 is 4.79 Å². The number of hydrogen-bond acceptors (Lipinski definition) is 3. The van der Waals surface area contributed by atoms with Crippen LogP contribution in [0.5, 0.6) is 0 Å². The molecule has 2 aliphatic rings. The van der Waals surface area contributed by atoms with Crippen molar-refractivity contribution in [1.29, 1.82) is 0 Å². The highest BCUT2D eigenvalue weighted by Crippen LogP contribution is 2.32. The van der Waals surface area contributed by atoms with Gasteiger partial charge in [-0.15, -0.1) is 0 Å². The number of benzene rings is 2. The lowest BCUT2D eigenvalue weighted by atomic mass is 10.0. The third-order valence-electron chi connectivity index (χ3n) is 5.71. The van der Waals surface area contributed by atoms with Crippen molar-refractivity contribution in [2.45, 2.75) is 33.6 Å². The molecule has 2 aromatic rings. The number of aryl methyl sites for hydroxylation is 2. The number of rotatable bonds is 3. The highest BCUT2D eigenvalue weighted by atomic mass is 16.2. The topological polar surface area (TPSA) is 35.9 Å². The molecule has 4 rings (SSSR count). The normalized spacial score (nSPS) is 21.7. The highest BCUT2D eigenvalue weighted by molar-refractivity contribution is 6.54. The Morgan fingerprint density at radius 2 is 1.93 bits per heavy atom. The van der Waals surface area contributed by atoms with Crippen LogP contribution < -0.4 is 4.90 Å². The molecule has 0 unspecified atom stereocenters. The van der Waals surface area contributed by atoms with Crippen LogP contribution in [0, 0.1) is 19.8 Å². The Morgan fingerprint density at radius 3 is 2.70 bits per heavy atom. The van der Waals surface area contributed by atoms with Gasteiger partial charge in [-0.3, -0.25) is 14.6 Å². The number of carbonyl (C=O) groups excluding carboxylic acids is 1. The van der Waals surface area contributed by atoms with Crippen molar-refractivity contribution in [3.8, 4) is 0 Å². The first-order valence-electron chi connectivity index (χ1n) is 9.82. The number of anilines is 1. The van der Waals surface area contributed by atoms with Crippen molar-refractivity contribution in [2.75, 3.05) is 24.7 Å². The highest BCUT2D eigenvalue weighted by Gasteiger charge is 2.35. The summed E-state index contributed by atoms with van der Waals surface area (Å²) in [5.41, 5.74) is 5.73. The zero-order valence-corrected chi connectivity index (χ0v) is 16.4. The maximum atomic E-state index is 13.2. The minimum atomic E-state index is 0.00709. The van der Waals surface area contributed by atoms with E-state index in [2.05, 4.69) is 31.7 Å². The van der Waals surface area contributed by atoms with Gasteiger partial charge in [0.25, 0.3) is 5.91 Å². The summed E-state index contributed by atoms with van der Waals surface area (Å²) < 4.78 is 0. The minimum absolute atomic E-state index is 0.00709. The molecule has 1 atom stereocenters. The Morgan fingerprint density at radius 1 is 1.11 bits per heavy atom. The zero-order valence-electron chi connectivity index (χ0n) is 16.4. The Hall–Kier alpha value is -2.46. The Kier molecular flexibility index (Phi) is 4.83. The monoisotopic (exact) mass is 361 g/mol. The first kappa shape index (κ1) is 17.9. The van der Waals surface area contributed by atoms with Crippen LogP contribution in [0.25, 0.3) is 0 Å². The van der Waals surface area contributed by atoms with Crippen LogP contribution in [0.15, 0.2) is 47.5 Å². The van der Waals surface area contributed by atoms with Gasteiger partial charge in [0.1, 0.15) is 5.71 Å². The number of nitrogens with zero attached hydrogens (tertiary/aromatic N) is 3. The number of fused-ring (bicyclic) bond motifs is 1. The molecule has 0 aromatic heterocycles. The van der Waals surface area contributed by atoms with E-state index in [1.54, 1.807) is 0 Å². The summed E-state index contributed by atoms with van der Waals surface area (Å²) >= 11 is 0. The fourth-order valence-corrected chi connectivity index (χ4v) is 4.05. The SMILES string of the molecule is Cc1ccc(N=C2C(=O)N(CN3CCC[C@@H](C)C3)c3ccccc32)cc1C. The van der Waals surface area contributed by atoms with Crippen LogP contribution >= 0.6 is 0 Å².